The van der Waals surface area contributed by atoms with Gasteiger partial charge in [-0.3, -0.25) is 0 Å². The van der Waals surface area contributed by atoms with Crippen molar-refractivity contribution in [1.29, 1.82) is 0 Å². The van der Waals surface area contributed by atoms with Crippen molar-refractivity contribution in [3.05, 3.63) is 295 Å². The van der Waals surface area contributed by atoms with Crippen LogP contribution in [0.25, 0.3) is 75.5 Å². The Kier molecular flexibility index (Phi) is 10.3. The quantitative estimate of drug-likeness (QED) is 0.127. The topological polar surface area (TPSA) is 16.4 Å². The fraction of sp³-hybridized carbons (Fsp3) is 0.0149. The average Bonchev–Trinajstić information content (AvgIpc) is 4.01. The number of anilines is 3. The molecular formula is C67H45NOS. The summed E-state index contributed by atoms with van der Waals surface area (Å²) in [5.74, 6) is 0. The lowest BCUT2D eigenvalue weighted by Crippen LogP contribution is -2.31. The number of thiophene rings is 1. The van der Waals surface area contributed by atoms with Crippen LogP contribution in [0.1, 0.15) is 22.3 Å². The van der Waals surface area contributed by atoms with Gasteiger partial charge in [-0.15, -0.1) is 11.3 Å². The number of hydrogen-bond acceptors (Lipinski definition) is 3. The van der Waals surface area contributed by atoms with Crippen LogP contribution in [0.3, 0.4) is 0 Å². The van der Waals surface area contributed by atoms with Crippen molar-refractivity contribution in [3.63, 3.8) is 0 Å². The molecule has 0 spiro atoms. The first kappa shape index (κ1) is 41.4. The molecule has 0 N–H and O–H groups in total. The summed E-state index contributed by atoms with van der Waals surface area (Å²) in [7, 11) is 0. The summed E-state index contributed by atoms with van der Waals surface area (Å²) in [6.45, 7) is 0. The van der Waals surface area contributed by atoms with Gasteiger partial charge in [-0.2, -0.15) is 0 Å². The molecule has 0 bridgehead atoms. The van der Waals surface area contributed by atoms with Gasteiger partial charge in [0, 0.05) is 48.0 Å². The first-order chi connectivity index (χ1) is 34.7. The third-order valence-corrected chi connectivity index (χ3v) is 15.3. The van der Waals surface area contributed by atoms with Gasteiger partial charge in [0.1, 0.15) is 11.2 Å². The highest BCUT2D eigenvalue weighted by Gasteiger charge is 2.38. The molecule has 0 amide bonds. The first-order valence-electron chi connectivity index (χ1n) is 23.9. The van der Waals surface area contributed by atoms with E-state index in [4.69, 9.17) is 4.42 Å². The molecule has 0 saturated heterocycles. The number of fused-ring (bicyclic) bond motifs is 6. The van der Waals surface area contributed by atoms with Crippen LogP contribution in [0.15, 0.2) is 277 Å². The second-order valence-electron chi connectivity index (χ2n) is 18.0. The number of rotatable bonds is 10. The van der Waals surface area contributed by atoms with Gasteiger partial charge < -0.3 is 9.32 Å². The zero-order valence-electron chi connectivity index (χ0n) is 38.2. The van der Waals surface area contributed by atoms with Crippen LogP contribution in [0.4, 0.5) is 17.1 Å². The largest absolute Gasteiger partial charge is 0.456 e. The molecule has 2 heterocycles. The van der Waals surface area contributed by atoms with Crippen LogP contribution >= 0.6 is 11.3 Å². The van der Waals surface area contributed by atoms with Crippen molar-refractivity contribution in [2.45, 2.75) is 5.41 Å². The number of para-hydroxylation sites is 1. The van der Waals surface area contributed by atoms with E-state index in [1.165, 1.54) is 59.1 Å². The van der Waals surface area contributed by atoms with Gasteiger partial charge in [0.25, 0.3) is 0 Å². The Balaban J connectivity index is 0.910. The molecule has 3 heteroatoms. The van der Waals surface area contributed by atoms with Crippen molar-refractivity contribution in [1.82, 2.24) is 0 Å². The van der Waals surface area contributed by atoms with E-state index < -0.39 is 5.41 Å². The van der Waals surface area contributed by atoms with Crippen molar-refractivity contribution in [2.75, 3.05) is 4.90 Å². The summed E-state index contributed by atoms with van der Waals surface area (Å²) >= 11 is 1.87. The molecule has 0 aliphatic rings. The Morgan fingerprint density at radius 3 is 1.40 bits per heavy atom. The van der Waals surface area contributed by atoms with E-state index in [2.05, 4.69) is 266 Å². The molecule has 0 unspecified atom stereocenters. The maximum atomic E-state index is 6.15. The van der Waals surface area contributed by atoms with Crippen molar-refractivity contribution in [2.24, 2.45) is 0 Å². The Morgan fingerprint density at radius 2 is 0.757 bits per heavy atom. The number of nitrogens with zero attached hydrogens (tertiary/aromatic N) is 1. The lowest BCUT2D eigenvalue weighted by atomic mass is 9.65. The molecule has 0 aliphatic carbocycles. The van der Waals surface area contributed by atoms with Crippen LogP contribution in [-0.2, 0) is 5.41 Å². The van der Waals surface area contributed by atoms with Gasteiger partial charge in [-0.25, -0.2) is 0 Å². The van der Waals surface area contributed by atoms with E-state index in [0.717, 1.165) is 55.7 Å². The summed E-state index contributed by atoms with van der Waals surface area (Å²) < 4.78 is 8.78. The molecule has 330 valence electrons. The van der Waals surface area contributed by atoms with Gasteiger partial charge >= 0.3 is 0 Å². The molecule has 13 rings (SSSR count). The molecule has 0 aliphatic heterocycles. The summed E-state index contributed by atoms with van der Waals surface area (Å²) in [5, 5.41) is 4.88. The minimum Gasteiger partial charge on any atom is -0.456 e. The Morgan fingerprint density at radius 1 is 0.300 bits per heavy atom. The molecule has 2 aromatic heterocycles. The fourth-order valence-corrected chi connectivity index (χ4v) is 12.0. The summed E-state index contributed by atoms with van der Waals surface area (Å²) in [5.41, 5.74) is 16.4. The molecule has 70 heavy (non-hydrogen) atoms. The normalized spacial score (nSPS) is 11.7. The van der Waals surface area contributed by atoms with E-state index >= 15 is 0 Å². The van der Waals surface area contributed by atoms with Crippen LogP contribution in [0, 0.1) is 0 Å². The first-order valence-corrected chi connectivity index (χ1v) is 24.7. The summed E-state index contributed by atoms with van der Waals surface area (Å²) in [6.07, 6.45) is 0. The van der Waals surface area contributed by atoms with E-state index in [-0.39, 0.29) is 0 Å². The van der Waals surface area contributed by atoms with Gasteiger partial charge in [0.15, 0.2) is 0 Å². The van der Waals surface area contributed by atoms with Gasteiger partial charge in [0.05, 0.1) is 5.41 Å². The van der Waals surface area contributed by atoms with Crippen LogP contribution in [0.2, 0.25) is 0 Å². The highest BCUT2D eigenvalue weighted by molar-refractivity contribution is 7.26. The highest BCUT2D eigenvalue weighted by Crippen LogP contribution is 2.47. The second kappa shape index (κ2) is 17.4. The smallest absolute Gasteiger partial charge is 0.135 e. The van der Waals surface area contributed by atoms with E-state index in [0.29, 0.717) is 0 Å². The molecule has 13 aromatic rings. The monoisotopic (exact) mass is 911 g/mol. The van der Waals surface area contributed by atoms with Gasteiger partial charge in [-0.05, 0) is 122 Å². The SMILES string of the molecule is c1ccc(C(c2ccccc2)(c2ccccc2)c2ccc(N(c3ccc(-c4cccc(-c5ccc6oc7ccccc7c6c5)c4)cc3)c3ccc(-c4cccc5c4sc4ccccc45)cc3)cc2)cc1. The fourth-order valence-electron chi connectivity index (χ4n) is 10.7. The Bertz CT molecular complexity index is 3870. The van der Waals surface area contributed by atoms with Gasteiger partial charge in [-0.1, -0.05) is 206 Å². The maximum absolute atomic E-state index is 6.15. The molecule has 2 nitrogen and oxygen atoms in total. The molecule has 0 radical (unpaired) electrons. The van der Waals surface area contributed by atoms with Crippen LogP contribution < -0.4 is 4.90 Å². The Labute approximate surface area is 411 Å². The number of furan rings is 1. The lowest BCUT2D eigenvalue weighted by molar-refractivity contribution is 0.669. The van der Waals surface area contributed by atoms with E-state index in [1.807, 2.05) is 23.5 Å². The predicted molar refractivity (Wildman–Crippen MR) is 296 cm³/mol. The zero-order valence-corrected chi connectivity index (χ0v) is 39.1. The standard InChI is InChI=1S/C67H45NOS/c1-4-18-51(19-5-1)67(52-20-6-2-7-21-52,53-22-8-3-9-23-53)54-35-41-57(42-36-54)68(56-39-32-47(33-40-56)58-26-15-27-61-60-25-11-13-29-65(60)70-66(58)61)55-37-30-46(31-38-55)48-16-14-17-49(44-48)50-34-43-64-62(45-50)59-24-10-12-28-63(59)69-64/h1-45H. The lowest BCUT2D eigenvalue weighted by Gasteiger charge is -2.37. The third kappa shape index (κ3) is 7.10. The van der Waals surface area contributed by atoms with Crippen molar-refractivity contribution >= 4 is 70.5 Å². The predicted octanol–water partition coefficient (Wildman–Crippen LogP) is 18.8. The van der Waals surface area contributed by atoms with Crippen LogP contribution in [0.5, 0.6) is 0 Å². The van der Waals surface area contributed by atoms with Crippen molar-refractivity contribution < 1.29 is 4.42 Å². The van der Waals surface area contributed by atoms with Gasteiger partial charge in [0.2, 0.25) is 0 Å². The maximum Gasteiger partial charge on any atom is 0.135 e. The third-order valence-electron chi connectivity index (χ3n) is 14.1. The second-order valence-corrected chi connectivity index (χ2v) is 19.0. The number of benzene rings is 11. The average molecular weight is 912 g/mol. The summed E-state index contributed by atoms with van der Waals surface area (Å²) in [6, 6.07) is 99.2. The summed E-state index contributed by atoms with van der Waals surface area (Å²) in [4.78, 5) is 2.38. The minimum atomic E-state index is -0.545. The van der Waals surface area contributed by atoms with E-state index in [1.54, 1.807) is 0 Å². The minimum absolute atomic E-state index is 0.545. The van der Waals surface area contributed by atoms with Crippen molar-refractivity contribution in [3.8, 4) is 33.4 Å². The molecule has 11 aromatic carbocycles. The Hall–Kier alpha value is -8.76. The molecular weight excluding hydrogens is 867 g/mol. The highest BCUT2D eigenvalue weighted by atomic mass is 32.1. The van der Waals surface area contributed by atoms with Crippen LogP contribution in [-0.4, -0.2) is 0 Å². The molecule has 0 atom stereocenters. The zero-order chi connectivity index (χ0) is 46.4. The molecule has 0 saturated carbocycles. The molecule has 0 fully saturated rings. The number of hydrogen-bond donors (Lipinski definition) is 0. The van der Waals surface area contributed by atoms with E-state index in [9.17, 15) is 0 Å².